The van der Waals surface area contributed by atoms with Crippen molar-refractivity contribution in [2.24, 2.45) is 5.92 Å². The molecule has 1 saturated carbocycles. The smallest absolute Gasteiger partial charge is 0.00683 e. The lowest BCUT2D eigenvalue weighted by molar-refractivity contribution is 0.487. The maximum absolute atomic E-state index is 3.55. The van der Waals surface area contributed by atoms with Gasteiger partial charge in [0.1, 0.15) is 0 Å². The average molecular weight is 209 g/mol. The summed E-state index contributed by atoms with van der Waals surface area (Å²) in [5.74, 6) is 0.901. The van der Waals surface area contributed by atoms with E-state index in [1.165, 1.54) is 45.1 Å². The van der Waals surface area contributed by atoms with Gasteiger partial charge in [0, 0.05) is 6.04 Å². The van der Waals surface area contributed by atoms with Crippen molar-refractivity contribution in [3.63, 3.8) is 0 Å². The van der Waals surface area contributed by atoms with Gasteiger partial charge in [-0.05, 0) is 45.1 Å². The Morgan fingerprint density at radius 2 is 2.00 bits per heavy atom. The molecule has 1 aliphatic carbocycles. The molecule has 0 unspecified atom stereocenters. The summed E-state index contributed by atoms with van der Waals surface area (Å²) in [6.07, 6.45) is 10.4. The Morgan fingerprint density at radius 3 is 2.53 bits per heavy atom. The van der Waals surface area contributed by atoms with Gasteiger partial charge >= 0.3 is 0 Å². The number of rotatable bonds is 8. The Labute approximate surface area is 95.3 Å². The molecule has 0 radical (unpaired) electrons. The lowest BCUT2D eigenvalue weighted by atomic mass is 9.95. The molecular weight excluding hydrogens is 182 g/mol. The van der Waals surface area contributed by atoms with E-state index in [2.05, 4.69) is 32.2 Å². The molecule has 1 N–H and O–H groups in total. The minimum absolute atomic E-state index is 0.859. The first-order valence-corrected chi connectivity index (χ1v) is 6.65. The molecule has 15 heavy (non-hydrogen) atoms. The second kappa shape index (κ2) is 7.05. The molecule has 0 aliphatic heterocycles. The van der Waals surface area contributed by atoms with Gasteiger partial charge in [-0.3, -0.25) is 0 Å². The van der Waals surface area contributed by atoms with E-state index in [-0.39, 0.29) is 0 Å². The fourth-order valence-corrected chi connectivity index (χ4v) is 2.01. The van der Waals surface area contributed by atoms with E-state index in [1.54, 1.807) is 5.57 Å². The van der Waals surface area contributed by atoms with E-state index in [0.29, 0.717) is 0 Å². The van der Waals surface area contributed by atoms with E-state index in [9.17, 15) is 0 Å². The van der Waals surface area contributed by atoms with Crippen LogP contribution < -0.4 is 5.32 Å². The lowest BCUT2D eigenvalue weighted by Crippen LogP contribution is -2.16. The highest BCUT2D eigenvalue weighted by Gasteiger charge is 2.19. The monoisotopic (exact) mass is 209 g/mol. The SMILES string of the molecule is CCC(CC)CC(C)=CCCNC1CC1. The van der Waals surface area contributed by atoms with Gasteiger partial charge in [-0.25, -0.2) is 0 Å². The van der Waals surface area contributed by atoms with Crippen LogP contribution in [-0.4, -0.2) is 12.6 Å². The van der Waals surface area contributed by atoms with Crippen LogP contribution in [-0.2, 0) is 0 Å². The largest absolute Gasteiger partial charge is 0.314 e. The summed E-state index contributed by atoms with van der Waals surface area (Å²) in [5, 5.41) is 3.55. The highest BCUT2D eigenvalue weighted by Crippen LogP contribution is 2.19. The minimum Gasteiger partial charge on any atom is -0.314 e. The fourth-order valence-electron chi connectivity index (χ4n) is 2.01. The van der Waals surface area contributed by atoms with Crippen molar-refractivity contribution in [1.82, 2.24) is 5.32 Å². The van der Waals surface area contributed by atoms with Gasteiger partial charge in [0.05, 0.1) is 0 Å². The summed E-state index contributed by atoms with van der Waals surface area (Å²) in [5.41, 5.74) is 1.58. The summed E-state index contributed by atoms with van der Waals surface area (Å²) >= 11 is 0. The molecule has 0 saturated heterocycles. The zero-order chi connectivity index (χ0) is 11.1. The van der Waals surface area contributed by atoms with Gasteiger partial charge in [-0.15, -0.1) is 0 Å². The molecule has 1 nitrogen and oxygen atoms in total. The number of hydrogen-bond donors (Lipinski definition) is 1. The van der Waals surface area contributed by atoms with Crippen molar-refractivity contribution < 1.29 is 0 Å². The topological polar surface area (TPSA) is 12.0 Å². The van der Waals surface area contributed by atoms with Gasteiger partial charge in [0.25, 0.3) is 0 Å². The van der Waals surface area contributed by atoms with Crippen LogP contribution in [0.1, 0.15) is 59.3 Å². The predicted molar refractivity (Wildman–Crippen MR) is 68.1 cm³/mol. The van der Waals surface area contributed by atoms with E-state index in [0.717, 1.165) is 12.0 Å². The van der Waals surface area contributed by atoms with Gasteiger partial charge in [-0.1, -0.05) is 38.3 Å². The molecule has 0 aromatic rings. The Morgan fingerprint density at radius 1 is 1.33 bits per heavy atom. The molecule has 1 rings (SSSR count). The Kier molecular flexibility index (Phi) is 6.00. The molecule has 0 aromatic carbocycles. The molecule has 88 valence electrons. The Hall–Kier alpha value is -0.300. The molecule has 1 fully saturated rings. The van der Waals surface area contributed by atoms with Gasteiger partial charge in [-0.2, -0.15) is 0 Å². The summed E-state index contributed by atoms with van der Waals surface area (Å²) in [4.78, 5) is 0. The quantitative estimate of drug-likeness (QED) is 0.472. The number of hydrogen-bond acceptors (Lipinski definition) is 1. The third-order valence-corrected chi connectivity index (χ3v) is 3.41. The van der Waals surface area contributed by atoms with Gasteiger partial charge < -0.3 is 5.32 Å². The van der Waals surface area contributed by atoms with Crippen LogP contribution in [0.5, 0.6) is 0 Å². The maximum Gasteiger partial charge on any atom is 0.00683 e. The van der Waals surface area contributed by atoms with E-state index in [4.69, 9.17) is 0 Å². The van der Waals surface area contributed by atoms with E-state index < -0.39 is 0 Å². The summed E-state index contributed by atoms with van der Waals surface area (Å²) in [6, 6.07) is 0.859. The Bertz CT molecular complexity index is 188. The van der Waals surface area contributed by atoms with Crippen molar-refractivity contribution in [2.45, 2.75) is 65.3 Å². The normalized spacial score (nSPS) is 17.5. The van der Waals surface area contributed by atoms with Gasteiger partial charge in [0.2, 0.25) is 0 Å². The highest BCUT2D eigenvalue weighted by molar-refractivity contribution is 4.99. The zero-order valence-corrected chi connectivity index (χ0v) is 10.7. The molecule has 0 atom stereocenters. The fraction of sp³-hybridized carbons (Fsp3) is 0.857. The molecule has 0 amide bonds. The Balaban J connectivity index is 2.07. The second-order valence-electron chi connectivity index (χ2n) is 4.95. The molecule has 0 bridgehead atoms. The van der Waals surface area contributed by atoms with Crippen molar-refractivity contribution in [3.8, 4) is 0 Å². The molecule has 0 spiro atoms. The van der Waals surface area contributed by atoms with Crippen LogP contribution in [0, 0.1) is 5.92 Å². The minimum atomic E-state index is 0.859. The average Bonchev–Trinajstić information content (AvgIpc) is 3.05. The molecular formula is C14H27N. The molecule has 1 aliphatic rings. The molecule has 0 aromatic heterocycles. The third kappa shape index (κ3) is 5.99. The first-order valence-electron chi connectivity index (χ1n) is 6.65. The number of allylic oxidation sites excluding steroid dienone is 1. The van der Waals surface area contributed by atoms with Crippen molar-refractivity contribution >= 4 is 0 Å². The van der Waals surface area contributed by atoms with Crippen LogP contribution in [0.25, 0.3) is 0 Å². The highest BCUT2D eigenvalue weighted by atomic mass is 14.9. The summed E-state index contributed by atoms with van der Waals surface area (Å²) in [7, 11) is 0. The van der Waals surface area contributed by atoms with Crippen molar-refractivity contribution in [3.05, 3.63) is 11.6 Å². The van der Waals surface area contributed by atoms with Crippen LogP contribution >= 0.6 is 0 Å². The summed E-state index contributed by atoms with van der Waals surface area (Å²) < 4.78 is 0. The first-order chi connectivity index (χ1) is 7.26. The maximum atomic E-state index is 3.55. The number of nitrogens with one attached hydrogen (secondary N) is 1. The second-order valence-corrected chi connectivity index (χ2v) is 4.95. The first kappa shape index (κ1) is 12.8. The lowest BCUT2D eigenvalue weighted by Gasteiger charge is -2.12. The molecule has 1 heteroatoms. The van der Waals surface area contributed by atoms with Gasteiger partial charge in [0.15, 0.2) is 0 Å². The van der Waals surface area contributed by atoms with Crippen LogP contribution in [0.15, 0.2) is 11.6 Å². The van der Waals surface area contributed by atoms with Crippen LogP contribution in [0.2, 0.25) is 0 Å². The predicted octanol–water partition coefficient (Wildman–Crippen LogP) is 3.90. The van der Waals surface area contributed by atoms with Crippen LogP contribution in [0.4, 0.5) is 0 Å². The van der Waals surface area contributed by atoms with E-state index in [1.807, 2.05) is 0 Å². The third-order valence-electron chi connectivity index (χ3n) is 3.41. The standard InChI is InChI=1S/C14H27N/c1-4-13(5-2)11-12(3)7-6-10-15-14-8-9-14/h7,13-15H,4-6,8-11H2,1-3H3. The van der Waals surface area contributed by atoms with Crippen molar-refractivity contribution in [2.75, 3.05) is 6.54 Å². The van der Waals surface area contributed by atoms with Crippen LogP contribution in [0.3, 0.4) is 0 Å². The van der Waals surface area contributed by atoms with Crippen molar-refractivity contribution in [1.29, 1.82) is 0 Å². The van der Waals surface area contributed by atoms with E-state index >= 15 is 0 Å². The zero-order valence-electron chi connectivity index (χ0n) is 10.7. The molecule has 0 heterocycles. The summed E-state index contributed by atoms with van der Waals surface area (Å²) in [6.45, 7) is 8.06.